The molecule has 8 rings (SSSR count). The first-order valence-corrected chi connectivity index (χ1v) is 24.6. The second-order valence-electron chi connectivity index (χ2n) is 19.2. The van der Waals surface area contributed by atoms with Crippen molar-refractivity contribution in [2.45, 2.75) is 159 Å². The number of Topliss-reactive ketones (excluding diaryl/α,β-unsaturated/α-hetero) is 1. The van der Waals surface area contributed by atoms with Crippen LogP contribution in [-0.4, -0.2) is 99.5 Å². The van der Waals surface area contributed by atoms with Crippen LogP contribution in [0.2, 0.25) is 0 Å². The summed E-state index contributed by atoms with van der Waals surface area (Å²) >= 11 is 1.47. The smallest absolute Gasteiger partial charge is 0.326 e. The van der Waals surface area contributed by atoms with E-state index >= 15 is 4.79 Å². The van der Waals surface area contributed by atoms with Crippen LogP contribution in [0.25, 0.3) is 22.3 Å². The number of likely N-dealkylation sites (tertiary alicyclic amines) is 1. The Labute approximate surface area is 379 Å². The van der Waals surface area contributed by atoms with Crippen molar-refractivity contribution in [3.8, 4) is 22.9 Å². The molecule has 0 spiro atoms. The summed E-state index contributed by atoms with van der Waals surface area (Å²) in [6, 6.07) is 3.21. The molecule has 3 heterocycles. The maximum Gasteiger partial charge on any atom is 0.326 e. The zero-order valence-corrected chi connectivity index (χ0v) is 38.3. The summed E-state index contributed by atoms with van der Waals surface area (Å²) in [4.78, 5) is 81.2. The van der Waals surface area contributed by atoms with Crippen LogP contribution in [0, 0.1) is 23.7 Å². The largest absolute Gasteiger partial charge is 0.497 e. The first-order chi connectivity index (χ1) is 30.9. The number of fused-ring (bicyclic) bond motifs is 1. The molecule has 4 saturated carbocycles. The highest BCUT2D eigenvalue weighted by atomic mass is 32.1. The van der Waals surface area contributed by atoms with Crippen molar-refractivity contribution >= 4 is 57.0 Å². The van der Waals surface area contributed by atoms with Crippen molar-refractivity contribution in [2.24, 2.45) is 23.7 Å². The molecule has 1 aromatic carbocycles. The fraction of sp³-hybridized carbons (Fsp3) is 0.646. The van der Waals surface area contributed by atoms with Gasteiger partial charge in [0.25, 0.3) is 0 Å². The molecule has 0 bridgehead atoms. The van der Waals surface area contributed by atoms with Crippen LogP contribution in [0.4, 0.5) is 9.93 Å². The average molecular weight is 900 g/mol. The first kappa shape index (κ1) is 45.6. The molecule has 16 heteroatoms. The lowest BCUT2D eigenvalue weighted by Crippen LogP contribution is -2.60. The van der Waals surface area contributed by atoms with Gasteiger partial charge < -0.3 is 40.7 Å². The second kappa shape index (κ2) is 20.5. The van der Waals surface area contributed by atoms with Gasteiger partial charge in [0.2, 0.25) is 11.8 Å². The zero-order chi connectivity index (χ0) is 44.9. The molecule has 0 radical (unpaired) electrons. The zero-order valence-electron chi connectivity index (χ0n) is 37.4. The molecular formula is C48H65N7O8S. The Bertz CT molecular complexity index is 2160. The molecule has 4 aliphatic carbocycles. The van der Waals surface area contributed by atoms with E-state index in [9.17, 15) is 24.3 Å². The number of carboxylic acids is 1. The van der Waals surface area contributed by atoms with Gasteiger partial charge >= 0.3 is 12.0 Å². The standard InChI is InChI=1S/C48H65N7O8S/c1-27(2)49-48-52-38(26-64-48)36-24-40(34-20-19-32(62-3)22-35(34)50-36)63-33-23-39(44(57)51-37(46(59)60)21-28-11-10-12-28)55(25-33)45(58)42(30-15-8-5-9-16-30)54-47(61)53-41(43(56)31-17-18-31)29-13-6-4-7-14-29/h19-20,22,24,26-31,33,37,39,41-42H,4-18,21,23,25H2,1-3H3,(H,49,52)(H,51,57)(H,59,60)(H2,53,54,61)/t33-,37+,39+,41+,42+/m1/s1. The van der Waals surface area contributed by atoms with Crippen molar-refractivity contribution in [1.29, 1.82) is 0 Å². The molecule has 1 aliphatic heterocycles. The fourth-order valence-corrected chi connectivity index (χ4v) is 11.1. The molecule has 5 aliphatic rings. The molecule has 2 aromatic heterocycles. The number of hydrogen-bond acceptors (Lipinski definition) is 11. The summed E-state index contributed by atoms with van der Waals surface area (Å²) in [6.07, 6.45) is 13.4. The molecule has 5 N–H and O–H groups in total. The maximum atomic E-state index is 15.2. The molecule has 15 nitrogen and oxygen atoms in total. The summed E-state index contributed by atoms with van der Waals surface area (Å²) in [5.74, 6) is -0.870. The molecule has 0 unspecified atom stereocenters. The van der Waals surface area contributed by atoms with E-state index in [0.29, 0.717) is 40.2 Å². The number of nitrogens with zero attached hydrogens (tertiary/aromatic N) is 3. The number of nitrogens with one attached hydrogen (secondary N) is 4. The number of pyridine rings is 1. The van der Waals surface area contributed by atoms with Gasteiger partial charge in [0.05, 0.1) is 30.9 Å². The summed E-state index contributed by atoms with van der Waals surface area (Å²) in [6.45, 7) is 4.10. The number of ether oxygens (including phenoxy) is 2. The Morgan fingerprint density at radius 1 is 0.828 bits per heavy atom. The molecule has 1 saturated heterocycles. The van der Waals surface area contributed by atoms with E-state index in [1.807, 2.05) is 43.5 Å². The van der Waals surface area contributed by atoms with Gasteiger partial charge in [-0.25, -0.2) is 19.6 Å². The number of benzene rings is 1. The SMILES string of the molecule is COc1ccc2c(O[C@@H]3C[C@@H](C(=O)N[C@@H](CC4CCC4)C(=O)O)N(C(=O)[C@@H](NC(=O)N[C@H](C(=O)C4CC4)C4CCCCC4)C4CCCCC4)C3)cc(-c3csc(NC(C)C)n3)nc2c1. The van der Waals surface area contributed by atoms with Crippen LogP contribution >= 0.6 is 11.3 Å². The number of carboxylic acid groups (broad SMARTS) is 1. The van der Waals surface area contributed by atoms with E-state index in [1.165, 1.54) is 16.2 Å². The number of amides is 4. The molecule has 64 heavy (non-hydrogen) atoms. The summed E-state index contributed by atoms with van der Waals surface area (Å²) in [5.41, 5.74) is 1.83. The Balaban J connectivity index is 1.09. The number of ketones is 1. The number of thiazole rings is 1. The highest BCUT2D eigenvalue weighted by Crippen LogP contribution is 2.38. The molecular weight excluding hydrogens is 835 g/mol. The number of carbonyl (C=O) groups excluding carboxylic acids is 4. The van der Waals surface area contributed by atoms with Crippen molar-refractivity contribution in [3.05, 3.63) is 29.6 Å². The van der Waals surface area contributed by atoms with E-state index in [2.05, 4.69) is 21.3 Å². The predicted molar refractivity (Wildman–Crippen MR) is 244 cm³/mol. The quantitative estimate of drug-likeness (QED) is 0.0848. The Morgan fingerprint density at radius 2 is 1.52 bits per heavy atom. The predicted octanol–water partition coefficient (Wildman–Crippen LogP) is 7.47. The van der Waals surface area contributed by atoms with Gasteiger partial charge in [-0.15, -0.1) is 11.3 Å². The summed E-state index contributed by atoms with van der Waals surface area (Å²) in [5, 5.41) is 25.9. The maximum absolute atomic E-state index is 15.2. The highest BCUT2D eigenvalue weighted by Gasteiger charge is 2.47. The summed E-state index contributed by atoms with van der Waals surface area (Å²) in [7, 11) is 1.59. The van der Waals surface area contributed by atoms with Crippen LogP contribution in [0.1, 0.15) is 123 Å². The van der Waals surface area contributed by atoms with Crippen molar-refractivity contribution in [3.63, 3.8) is 0 Å². The number of hydrogen-bond donors (Lipinski definition) is 5. The van der Waals surface area contributed by atoms with Crippen LogP contribution in [-0.2, 0) is 19.2 Å². The van der Waals surface area contributed by atoms with E-state index in [-0.39, 0.29) is 48.5 Å². The Morgan fingerprint density at radius 3 is 2.14 bits per heavy atom. The molecule has 5 atom stereocenters. The minimum absolute atomic E-state index is 0.0170. The number of rotatable bonds is 18. The summed E-state index contributed by atoms with van der Waals surface area (Å²) < 4.78 is 12.4. The molecule has 4 amide bonds. The van der Waals surface area contributed by atoms with Gasteiger partial charge in [-0.2, -0.15) is 0 Å². The number of methoxy groups -OCH3 is 1. The third-order valence-corrected chi connectivity index (χ3v) is 14.8. The Hall–Kier alpha value is -4.99. The van der Waals surface area contributed by atoms with E-state index in [4.69, 9.17) is 19.4 Å². The van der Waals surface area contributed by atoms with Gasteiger partial charge in [-0.1, -0.05) is 57.8 Å². The minimum Gasteiger partial charge on any atom is -0.497 e. The number of aliphatic carboxylic acids is 1. The number of urea groups is 1. The van der Waals surface area contributed by atoms with Gasteiger partial charge in [0.15, 0.2) is 10.9 Å². The molecule has 5 fully saturated rings. The number of carbonyl (C=O) groups is 5. The fourth-order valence-electron chi connectivity index (χ4n) is 10.2. The number of aromatic nitrogens is 2. The van der Waals surface area contributed by atoms with Crippen LogP contribution in [0.15, 0.2) is 29.6 Å². The van der Waals surface area contributed by atoms with Crippen molar-refractivity contribution < 1.29 is 38.6 Å². The van der Waals surface area contributed by atoms with Crippen LogP contribution in [0.5, 0.6) is 11.5 Å². The lowest BCUT2D eigenvalue weighted by atomic mass is 9.81. The monoisotopic (exact) mass is 899 g/mol. The van der Waals surface area contributed by atoms with E-state index < -0.39 is 54.1 Å². The van der Waals surface area contributed by atoms with Gasteiger partial charge in [-0.3, -0.25) is 14.4 Å². The lowest BCUT2D eigenvalue weighted by Gasteiger charge is -2.36. The average Bonchev–Trinajstić information content (AvgIpc) is 3.89. The third kappa shape index (κ3) is 10.9. The first-order valence-electron chi connectivity index (χ1n) is 23.8. The van der Waals surface area contributed by atoms with Gasteiger partial charge in [0, 0.05) is 41.3 Å². The highest BCUT2D eigenvalue weighted by molar-refractivity contribution is 7.14. The molecule has 346 valence electrons. The molecule has 3 aromatic rings. The van der Waals surface area contributed by atoms with Gasteiger partial charge in [-0.05, 0) is 88.7 Å². The topological polar surface area (TPSA) is 201 Å². The lowest BCUT2D eigenvalue weighted by molar-refractivity contribution is -0.145. The Kier molecular flexibility index (Phi) is 14.6. The number of anilines is 1. The van der Waals surface area contributed by atoms with E-state index in [0.717, 1.165) is 101 Å². The van der Waals surface area contributed by atoms with E-state index in [1.54, 1.807) is 7.11 Å². The second-order valence-corrected chi connectivity index (χ2v) is 20.0. The van der Waals surface area contributed by atoms with Crippen LogP contribution < -0.4 is 30.7 Å². The van der Waals surface area contributed by atoms with Crippen LogP contribution in [0.3, 0.4) is 0 Å². The third-order valence-electron chi connectivity index (χ3n) is 14.1. The van der Waals surface area contributed by atoms with Crippen molar-refractivity contribution in [2.75, 3.05) is 19.0 Å². The minimum atomic E-state index is -1.12. The van der Waals surface area contributed by atoms with Gasteiger partial charge in [0.1, 0.15) is 41.4 Å². The normalized spacial score (nSPS) is 22.3. The van der Waals surface area contributed by atoms with Crippen molar-refractivity contribution in [1.82, 2.24) is 30.8 Å².